The smallest absolute Gasteiger partial charge is 0.137 e. The molecule has 1 N–H and O–H groups in total. The Balaban J connectivity index is 2.14. The van der Waals surface area contributed by atoms with Crippen LogP contribution in [0, 0.1) is 0 Å². The predicted molar refractivity (Wildman–Crippen MR) is 82.4 cm³/mol. The third kappa shape index (κ3) is 3.85. The lowest BCUT2D eigenvalue weighted by molar-refractivity contribution is 0.543. The van der Waals surface area contributed by atoms with E-state index in [0.717, 1.165) is 16.2 Å². The first kappa shape index (κ1) is 14.1. The van der Waals surface area contributed by atoms with Crippen molar-refractivity contribution in [2.45, 2.75) is 45.1 Å². The number of rotatable bonds is 2. The van der Waals surface area contributed by atoms with E-state index in [1.165, 1.54) is 24.3 Å². The first-order valence-corrected chi connectivity index (χ1v) is 8.29. The van der Waals surface area contributed by atoms with E-state index in [1.54, 1.807) is 0 Å². The van der Waals surface area contributed by atoms with E-state index in [9.17, 15) is 0 Å². The second-order valence-corrected chi connectivity index (χ2v) is 7.72. The van der Waals surface area contributed by atoms with Gasteiger partial charge in [-0.15, -0.1) is 0 Å². The van der Waals surface area contributed by atoms with Crippen molar-refractivity contribution in [1.29, 1.82) is 0 Å². The fraction of sp³-hybridized carbons (Fsp3) is 0.692. The molecule has 3 nitrogen and oxygen atoms in total. The summed E-state index contributed by atoms with van der Waals surface area (Å²) in [7, 11) is 0. The molecule has 2 heterocycles. The van der Waals surface area contributed by atoms with Crippen molar-refractivity contribution >= 4 is 33.5 Å². The van der Waals surface area contributed by atoms with Crippen molar-refractivity contribution < 1.29 is 0 Å². The van der Waals surface area contributed by atoms with Gasteiger partial charge >= 0.3 is 0 Å². The number of hydrogen-bond acceptors (Lipinski definition) is 4. The Labute approximate surface area is 122 Å². The molecule has 1 aliphatic rings. The molecule has 0 unspecified atom stereocenters. The van der Waals surface area contributed by atoms with Gasteiger partial charge < -0.3 is 5.32 Å². The van der Waals surface area contributed by atoms with Crippen molar-refractivity contribution in [3.63, 3.8) is 0 Å². The number of aromatic nitrogens is 2. The van der Waals surface area contributed by atoms with Crippen LogP contribution >= 0.6 is 27.7 Å². The van der Waals surface area contributed by atoms with E-state index in [2.05, 4.69) is 52.0 Å². The largest absolute Gasteiger partial charge is 0.367 e. The van der Waals surface area contributed by atoms with Gasteiger partial charge in [0.15, 0.2) is 0 Å². The highest BCUT2D eigenvalue weighted by Gasteiger charge is 2.20. The van der Waals surface area contributed by atoms with Crippen LogP contribution in [-0.4, -0.2) is 27.5 Å². The Kier molecular flexibility index (Phi) is 4.54. The highest BCUT2D eigenvalue weighted by atomic mass is 79.9. The summed E-state index contributed by atoms with van der Waals surface area (Å²) in [6, 6.07) is 2.53. The van der Waals surface area contributed by atoms with Crippen LogP contribution in [0.4, 0.5) is 5.82 Å². The van der Waals surface area contributed by atoms with Crippen LogP contribution in [0.15, 0.2) is 10.7 Å². The van der Waals surface area contributed by atoms with E-state index in [0.29, 0.717) is 6.04 Å². The Hall–Kier alpha value is -0.290. The van der Waals surface area contributed by atoms with Crippen LogP contribution < -0.4 is 5.32 Å². The van der Waals surface area contributed by atoms with Gasteiger partial charge in [-0.2, -0.15) is 11.8 Å². The van der Waals surface area contributed by atoms with Crippen molar-refractivity contribution in [3.05, 3.63) is 16.5 Å². The van der Waals surface area contributed by atoms with Gasteiger partial charge in [-0.05, 0) is 40.3 Å². The Morgan fingerprint density at radius 1 is 1.28 bits per heavy atom. The number of halogens is 1. The molecule has 100 valence electrons. The number of thioether (sulfide) groups is 1. The maximum Gasteiger partial charge on any atom is 0.137 e. The van der Waals surface area contributed by atoms with E-state index < -0.39 is 0 Å². The van der Waals surface area contributed by atoms with Crippen molar-refractivity contribution in [2.24, 2.45) is 0 Å². The van der Waals surface area contributed by atoms with Gasteiger partial charge in [-0.1, -0.05) is 20.8 Å². The first-order chi connectivity index (χ1) is 8.45. The summed E-state index contributed by atoms with van der Waals surface area (Å²) in [5, 5.41) is 3.54. The molecule has 2 rings (SSSR count). The molecule has 1 aromatic rings. The monoisotopic (exact) mass is 329 g/mol. The van der Waals surface area contributed by atoms with Crippen molar-refractivity contribution in [2.75, 3.05) is 16.8 Å². The molecule has 0 radical (unpaired) electrons. The van der Waals surface area contributed by atoms with Crippen LogP contribution in [0.25, 0.3) is 0 Å². The number of nitrogens with zero attached hydrogens (tertiary/aromatic N) is 2. The fourth-order valence-corrected chi connectivity index (χ4v) is 3.37. The summed E-state index contributed by atoms with van der Waals surface area (Å²) in [6.45, 7) is 6.40. The topological polar surface area (TPSA) is 37.8 Å². The Morgan fingerprint density at radius 3 is 2.56 bits per heavy atom. The molecule has 0 spiro atoms. The van der Waals surface area contributed by atoms with Crippen LogP contribution in [0.1, 0.15) is 39.4 Å². The molecular weight excluding hydrogens is 310 g/mol. The van der Waals surface area contributed by atoms with Gasteiger partial charge in [-0.25, -0.2) is 9.97 Å². The third-order valence-corrected chi connectivity index (χ3v) is 4.39. The third-order valence-electron chi connectivity index (χ3n) is 2.94. The average molecular weight is 330 g/mol. The Bertz CT molecular complexity index is 411. The van der Waals surface area contributed by atoms with Crippen LogP contribution in [0.3, 0.4) is 0 Å². The SMILES string of the molecule is CC(C)(C)c1nc(Br)cc(NC2CCSCC2)n1. The maximum atomic E-state index is 4.64. The van der Waals surface area contributed by atoms with Crippen LogP contribution in [-0.2, 0) is 5.41 Å². The molecule has 5 heteroatoms. The zero-order valence-corrected chi connectivity index (χ0v) is 13.6. The van der Waals surface area contributed by atoms with Gasteiger partial charge in [0.1, 0.15) is 16.2 Å². The van der Waals surface area contributed by atoms with Crippen LogP contribution in [0.2, 0.25) is 0 Å². The van der Waals surface area contributed by atoms with E-state index in [4.69, 9.17) is 0 Å². The number of nitrogens with one attached hydrogen (secondary N) is 1. The molecule has 0 aliphatic carbocycles. The first-order valence-electron chi connectivity index (χ1n) is 6.34. The maximum absolute atomic E-state index is 4.64. The molecule has 0 aromatic carbocycles. The van der Waals surface area contributed by atoms with E-state index in [1.807, 2.05) is 17.8 Å². The second-order valence-electron chi connectivity index (χ2n) is 5.68. The van der Waals surface area contributed by atoms with Gasteiger partial charge in [0.05, 0.1) is 0 Å². The van der Waals surface area contributed by atoms with Gasteiger partial charge in [0.25, 0.3) is 0 Å². The van der Waals surface area contributed by atoms with E-state index in [-0.39, 0.29) is 5.41 Å². The van der Waals surface area contributed by atoms with Gasteiger partial charge in [0.2, 0.25) is 0 Å². The quantitative estimate of drug-likeness (QED) is 0.836. The summed E-state index contributed by atoms with van der Waals surface area (Å²) in [5.74, 6) is 4.31. The summed E-state index contributed by atoms with van der Waals surface area (Å²) in [6.07, 6.45) is 2.44. The second kappa shape index (κ2) is 5.78. The molecule has 1 saturated heterocycles. The van der Waals surface area contributed by atoms with Gasteiger partial charge in [0, 0.05) is 17.5 Å². The zero-order valence-electron chi connectivity index (χ0n) is 11.2. The minimum atomic E-state index is -0.0252. The molecule has 0 saturated carbocycles. The normalized spacial score (nSPS) is 17.8. The summed E-state index contributed by atoms with van der Waals surface area (Å²) < 4.78 is 0.857. The summed E-state index contributed by atoms with van der Waals surface area (Å²) in [5.41, 5.74) is -0.0252. The Morgan fingerprint density at radius 2 is 1.94 bits per heavy atom. The minimum absolute atomic E-state index is 0.0252. The summed E-state index contributed by atoms with van der Waals surface area (Å²) >= 11 is 5.51. The van der Waals surface area contributed by atoms with Gasteiger partial charge in [-0.3, -0.25) is 0 Å². The molecule has 0 atom stereocenters. The standard InChI is InChI=1S/C13H20BrN3S/c1-13(2,3)12-16-10(14)8-11(17-12)15-9-4-6-18-7-5-9/h8-9H,4-7H2,1-3H3,(H,15,16,17). The number of hydrogen-bond donors (Lipinski definition) is 1. The van der Waals surface area contributed by atoms with Crippen LogP contribution in [0.5, 0.6) is 0 Å². The highest BCUT2D eigenvalue weighted by Crippen LogP contribution is 2.25. The van der Waals surface area contributed by atoms with E-state index >= 15 is 0 Å². The zero-order chi connectivity index (χ0) is 13.2. The lowest BCUT2D eigenvalue weighted by atomic mass is 9.96. The average Bonchev–Trinajstić information content (AvgIpc) is 2.28. The predicted octanol–water partition coefficient (Wildman–Crippen LogP) is 3.84. The number of anilines is 1. The lowest BCUT2D eigenvalue weighted by Gasteiger charge is -2.24. The van der Waals surface area contributed by atoms with Crippen molar-refractivity contribution in [1.82, 2.24) is 9.97 Å². The molecule has 0 bridgehead atoms. The summed E-state index contributed by atoms with van der Waals surface area (Å²) in [4.78, 5) is 9.10. The molecule has 18 heavy (non-hydrogen) atoms. The highest BCUT2D eigenvalue weighted by molar-refractivity contribution is 9.10. The molecule has 1 aliphatic heterocycles. The molecular formula is C13H20BrN3S. The van der Waals surface area contributed by atoms with Crippen molar-refractivity contribution in [3.8, 4) is 0 Å². The molecule has 0 amide bonds. The lowest BCUT2D eigenvalue weighted by Crippen LogP contribution is -2.26. The minimum Gasteiger partial charge on any atom is -0.367 e. The fourth-order valence-electron chi connectivity index (χ4n) is 1.88. The molecule has 1 aromatic heterocycles. The molecule has 1 fully saturated rings.